The molecule has 0 bridgehead atoms. The van der Waals surface area contributed by atoms with Gasteiger partial charge in [-0.3, -0.25) is 14.6 Å². The summed E-state index contributed by atoms with van der Waals surface area (Å²) in [7, 11) is 0. The predicted molar refractivity (Wildman–Crippen MR) is 153 cm³/mol. The second-order valence-corrected chi connectivity index (χ2v) is 11.5. The molecule has 1 unspecified atom stereocenters. The maximum absolute atomic E-state index is 15.3. The van der Waals surface area contributed by atoms with Crippen LogP contribution in [-0.2, 0) is 11.2 Å². The molecule has 2 amide bonds. The van der Waals surface area contributed by atoms with E-state index in [1.807, 2.05) is 45.0 Å². The van der Waals surface area contributed by atoms with Crippen LogP contribution in [-0.4, -0.2) is 60.4 Å². The van der Waals surface area contributed by atoms with Gasteiger partial charge in [-0.1, -0.05) is 39.0 Å². The average molecular weight is 552 g/mol. The first-order chi connectivity index (χ1) is 19.7. The van der Waals surface area contributed by atoms with E-state index in [0.717, 1.165) is 28.6 Å². The standard InChI is InChI=1S/C31H30FN7O2/c1-31(2,3)27(29(41)38-12-5-13-38)36-28(40)23-9-8-21(16-24(23)32)26-18-35-30-34-17-22(39(30)37-26)15-19-7-10-25-20(14-19)6-4-11-33-25/h4,6-11,14,16-18,27H,5,12-13,15H2,1-3H3,(H,36,40). The zero-order chi connectivity index (χ0) is 28.7. The molecule has 1 fully saturated rings. The normalized spacial score (nSPS) is 14.2. The van der Waals surface area contributed by atoms with Crippen LogP contribution in [0.4, 0.5) is 4.39 Å². The number of halogens is 1. The number of likely N-dealkylation sites (tertiary alicyclic amines) is 1. The van der Waals surface area contributed by atoms with Gasteiger partial charge in [-0.15, -0.1) is 0 Å². The number of nitrogens with one attached hydrogen (secondary N) is 1. The molecule has 5 aromatic rings. The van der Waals surface area contributed by atoms with Gasteiger partial charge in [-0.05, 0) is 47.7 Å². The van der Waals surface area contributed by atoms with E-state index in [2.05, 4.69) is 31.4 Å². The summed E-state index contributed by atoms with van der Waals surface area (Å²) >= 11 is 0. The van der Waals surface area contributed by atoms with Crippen LogP contribution in [0.25, 0.3) is 27.9 Å². The molecule has 1 aliphatic heterocycles. The minimum atomic E-state index is -0.763. The van der Waals surface area contributed by atoms with Gasteiger partial charge in [0.2, 0.25) is 5.91 Å². The van der Waals surface area contributed by atoms with E-state index in [1.165, 1.54) is 18.3 Å². The Labute approximate surface area is 236 Å². The molecule has 0 saturated carbocycles. The number of hydrogen-bond donors (Lipinski definition) is 1. The van der Waals surface area contributed by atoms with Crippen molar-refractivity contribution in [3.63, 3.8) is 0 Å². The highest BCUT2D eigenvalue weighted by atomic mass is 19.1. The summed E-state index contributed by atoms with van der Waals surface area (Å²) in [5.74, 6) is -1.05. The van der Waals surface area contributed by atoms with Gasteiger partial charge in [0, 0.05) is 36.7 Å². The number of hydrogen-bond acceptors (Lipinski definition) is 6. The lowest BCUT2D eigenvalue weighted by molar-refractivity contribution is -0.139. The largest absolute Gasteiger partial charge is 0.341 e. The lowest BCUT2D eigenvalue weighted by Crippen LogP contribution is -2.57. The van der Waals surface area contributed by atoms with E-state index in [1.54, 1.807) is 27.9 Å². The number of rotatable bonds is 6. The molecule has 0 spiro atoms. The maximum atomic E-state index is 15.3. The van der Waals surface area contributed by atoms with Crippen molar-refractivity contribution >= 4 is 28.5 Å². The summed E-state index contributed by atoms with van der Waals surface area (Å²) < 4.78 is 16.9. The van der Waals surface area contributed by atoms with Crippen LogP contribution < -0.4 is 5.32 Å². The highest BCUT2D eigenvalue weighted by Crippen LogP contribution is 2.25. The van der Waals surface area contributed by atoms with Gasteiger partial charge in [-0.2, -0.15) is 5.10 Å². The summed E-state index contributed by atoms with van der Waals surface area (Å²) in [6.07, 6.45) is 6.55. The second kappa shape index (κ2) is 10.3. The number of carbonyl (C=O) groups excluding carboxylic acids is 2. The first kappa shape index (κ1) is 26.5. The fourth-order valence-electron chi connectivity index (χ4n) is 4.95. The number of carbonyl (C=O) groups is 2. The van der Waals surface area contributed by atoms with E-state index in [0.29, 0.717) is 36.5 Å². The van der Waals surface area contributed by atoms with Crippen LogP contribution in [0.15, 0.2) is 67.1 Å². The van der Waals surface area contributed by atoms with E-state index in [4.69, 9.17) is 0 Å². The highest BCUT2D eigenvalue weighted by molar-refractivity contribution is 5.98. The quantitative estimate of drug-likeness (QED) is 0.334. The summed E-state index contributed by atoms with van der Waals surface area (Å²) in [6, 6.07) is 13.6. The lowest BCUT2D eigenvalue weighted by atomic mass is 9.85. The Kier molecular flexibility index (Phi) is 6.69. The fraction of sp³-hybridized carbons (Fsp3) is 0.290. The number of aromatic nitrogens is 5. The number of pyridine rings is 1. The lowest BCUT2D eigenvalue weighted by Gasteiger charge is -2.39. The molecule has 41 heavy (non-hydrogen) atoms. The Bertz CT molecular complexity index is 1790. The Morgan fingerprint density at radius 2 is 1.83 bits per heavy atom. The van der Waals surface area contributed by atoms with Crippen molar-refractivity contribution in [2.45, 2.75) is 39.7 Å². The van der Waals surface area contributed by atoms with Crippen molar-refractivity contribution in [1.82, 2.24) is 34.8 Å². The van der Waals surface area contributed by atoms with Crippen LogP contribution >= 0.6 is 0 Å². The maximum Gasteiger partial charge on any atom is 0.254 e. The zero-order valence-electron chi connectivity index (χ0n) is 23.1. The highest BCUT2D eigenvalue weighted by Gasteiger charge is 2.37. The van der Waals surface area contributed by atoms with E-state index in [9.17, 15) is 9.59 Å². The van der Waals surface area contributed by atoms with Crippen LogP contribution in [0.1, 0.15) is 48.8 Å². The molecule has 1 atom stereocenters. The Balaban J connectivity index is 1.24. The summed E-state index contributed by atoms with van der Waals surface area (Å²) in [5, 5.41) is 8.50. The molecular weight excluding hydrogens is 521 g/mol. The average Bonchev–Trinajstić information content (AvgIpc) is 3.31. The van der Waals surface area contributed by atoms with Gasteiger partial charge < -0.3 is 10.2 Å². The van der Waals surface area contributed by atoms with Gasteiger partial charge in [0.25, 0.3) is 11.7 Å². The number of benzene rings is 2. The molecule has 4 heterocycles. The van der Waals surface area contributed by atoms with Gasteiger partial charge in [0.1, 0.15) is 17.6 Å². The number of nitrogens with zero attached hydrogens (tertiary/aromatic N) is 6. The van der Waals surface area contributed by atoms with Crippen molar-refractivity contribution in [3.8, 4) is 11.3 Å². The number of imidazole rings is 1. The van der Waals surface area contributed by atoms with Crippen LogP contribution in [0, 0.1) is 11.2 Å². The second-order valence-electron chi connectivity index (χ2n) is 11.5. The molecule has 0 radical (unpaired) electrons. The molecular formula is C31H30FN7O2. The first-order valence-corrected chi connectivity index (χ1v) is 13.6. The van der Waals surface area contributed by atoms with Gasteiger partial charge in [-0.25, -0.2) is 18.9 Å². The molecule has 9 nitrogen and oxygen atoms in total. The van der Waals surface area contributed by atoms with E-state index >= 15 is 4.39 Å². The third-order valence-electron chi connectivity index (χ3n) is 7.42. The number of fused-ring (bicyclic) bond motifs is 2. The third kappa shape index (κ3) is 5.25. The molecule has 1 N–H and O–H groups in total. The van der Waals surface area contributed by atoms with Crippen molar-refractivity contribution in [3.05, 3.63) is 89.8 Å². The van der Waals surface area contributed by atoms with Crippen LogP contribution in [0.3, 0.4) is 0 Å². The van der Waals surface area contributed by atoms with E-state index < -0.39 is 23.2 Å². The molecule has 6 rings (SSSR count). The minimum absolute atomic E-state index is 0.137. The molecule has 3 aromatic heterocycles. The molecule has 2 aromatic carbocycles. The summed E-state index contributed by atoms with van der Waals surface area (Å²) in [6.45, 7) is 6.99. The van der Waals surface area contributed by atoms with Crippen molar-refractivity contribution in [2.24, 2.45) is 5.41 Å². The molecule has 10 heteroatoms. The van der Waals surface area contributed by atoms with Gasteiger partial charge in [0.15, 0.2) is 0 Å². The smallest absolute Gasteiger partial charge is 0.254 e. The van der Waals surface area contributed by atoms with Crippen molar-refractivity contribution < 1.29 is 14.0 Å². The van der Waals surface area contributed by atoms with Gasteiger partial charge >= 0.3 is 0 Å². The van der Waals surface area contributed by atoms with E-state index in [-0.39, 0.29) is 11.5 Å². The minimum Gasteiger partial charge on any atom is -0.341 e. The molecule has 1 saturated heterocycles. The topological polar surface area (TPSA) is 105 Å². The summed E-state index contributed by atoms with van der Waals surface area (Å²) in [5.41, 5.74) is 3.06. The molecule has 0 aliphatic carbocycles. The fourth-order valence-corrected chi connectivity index (χ4v) is 4.95. The SMILES string of the molecule is CC(C)(C)C(NC(=O)c1ccc(-c2cnc3ncc(Cc4ccc5ncccc5c4)n3n2)cc1F)C(=O)N1CCC1. The zero-order valence-corrected chi connectivity index (χ0v) is 23.1. The van der Waals surface area contributed by atoms with Crippen molar-refractivity contribution in [2.75, 3.05) is 13.1 Å². The van der Waals surface area contributed by atoms with Crippen LogP contribution in [0.2, 0.25) is 0 Å². The Morgan fingerprint density at radius 3 is 2.56 bits per heavy atom. The molecule has 1 aliphatic rings. The Hall–Kier alpha value is -4.73. The third-order valence-corrected chi connectivity index (χ3v) is 7.42. The first-order valence-electron chi connectivity index (χ1n) is 13.6. The molecule has 208 valence electrons. The van der Waals surface area contributed by atoms with Crippen LogP contribution in [0.5, 0.6) is 0 Å². The van der Waals surface area contributed by atoms with Gasteiger partial charge in [0.05, 0.1) is 29.2 Å². The number of amides is 2. The summed E-state index contributed by atoms with van der Waals surface area (Å²) in [4.78, 5) is 40.9. The monoisotopic (exact) mass is 551 g/mol. The predicted octanol–water partition coefficient (Wildman–Crippen LogP) is 4.45. The van der Waals surface area contributed by atoms with Crippen molar-refractivity contribution in [1.29, 1.82) is 0 Å². The Morgan fingerprint density at radius 1 is 1.02 bits per heavy atom.